The van der Waals surface area contributed by atoms with Crippen LogP contribution in [0.3, 0.4) is 0 Å². The number of nitrogens with zero attached hydrogens (tertiary/aromatic N) is 2. The molecule has 0 aliphatic heterocycles. The minimum Gasteiger partial charge on any atom is -0.492 e. The number of rotatable bonds is 5. The van der Waals surface area contributed by atoms with Crippen LogP contribution in [0.2, 0.25) is 10.0 Å². The summed E-state index contributed by atoms with van der Waals surface area (Å²) in [5.74, 6) is -0.328. The number of pyridine rings is 1. The topological polar surface area (TPSA) is 63.8 Å². The van der Waals surface area contributed by atoms with E-state index in [1.54, 1.807) is 72.8 Å². The largest absolute Gasteiger partial charge is 0.492 e. The molecule has 5 nitrogen and oxygen atoms in total. The van der Waals surface area contributed by atoms with Crippen molar-refractivity contribution in [2.75, 3.05) is 0 Å². The monoisotopic (exact) mass is 438 g/mol. The van der Waals surface area contributed by atoms with E-state index in [1.165, 1.54) is 6.21 Å². The van der Waals surface area contributed by atoms with Crippen molar-refractivity contribution in [1.82, 2.24) is 4.73 Å². The summed E-state index contributed by atoms with van der Waals surface area (Å²) in [6.07, 6.45) is 1.50. The van der Waals surface area contributed by atoms with Crippen LogP contribution >= 0.6 is 23.2 Å². The van der Waals surface area contributed by atoms with Crippen LogP contribution in [0.1, 0.15) is 11.1 Å². The van der Waals surface area contributed by atoms with E-state index in [4.69, 9.17) is 28.0 Å². The van der Waals surface area contributed by atoms with Crippen molar-refractivity contribution in [3.05, 3.63) is 104 Å². The summed E-state index contributed by atoms with van der Waals surface area (Å²) in [4.78, 5) is 22.9. The molecule has 0 bridgehead atoms. The van der Waals surface area contributed by atoms with Gasteiger partial charge in [0.15, 0.2) is 0 Å². The lowest BCUT2D eigenvalue weighted by atomic mass is 10.1. The number of aromatic hydroxyl groups is 1. The highest BCUT2D eigenvalue weighted by molar-refractivity contribution is 6.30. The zero-order chi connectivity index (χ0) is 21.1. The Labute approximate surface area is 182 Å². The SMILES string of the molecule is O=c1c2ccccc2c(C=Nc2ccc(Cl)cc2)c(O)n1OCc1ccc(Cl)cc1. The Morgan fingerprint density at radius 2 is 1.50 bits per heavy atom. The fourth-order valence-electron chi connectivity index (χ4n) is 2.97. The second-order valence-corrected chi connectivity index (χ2v) is 7.39. The zero-order valence-electron chi connectivity index (χ0n) is 15.6. The summed E-state index contributed by atoms with van der Waals surface area (Å²) < 4.78 is 0.889. The predicted octanol–water partition coefficient (Wildman–Crippen LogP) is 5.39. The minimum absolute atomic E-state index is 0.0801. The number of hydrogen-bond acceptors (Lipinski definition) is 4. The number of hydrogen-bond donors (Lipinski definition) is 1. The van der Waals surface area contributed by atoms with Crippen LogP contribution in [0.5, 0.6) is 5.88 Å². The third-order valence-corrected chi connectivity index (χ3v) is 5.01. The van der Waals surface area contributed by atoms with Crippen molar-refractivity contribution in [2.45, 2.75) is 6.61 Å². The van der Waals surface area contributed by atoms with E-state index in [0.717, 1.165) is 10.3 Å². The van der Waals surface area contributed by atoms with E-state index in [9.17, 15) is 9.90 Å². The van der Waals surface area contributed by atoms with Crippen LogP contribution in [0.25, 0.3) is 10.8 Å². The highest BCUT2D eigenvalue weighted by Crippen LogP contribution is 2.24. The number of halogens is 2. The number of benzene rings is 3. The molecule has 0 saturated heterocycles. The molecule has 150 valence electrons. The molecule has 0 spiro atoms. The molecule has 4 aromatic rings. The Bertz CT molecular complexity index is 1280. The van der Waals surface area contributed by atoms with E-state index in [1.807, 2.05) is 0 Å². The molecule has 30 heavy (non-hydrogen) atoms. The van der Waals surface area contributed by atoms with Crippen molar-refractivity contribution in [1.29, 1.82) is 0 Å². The molecule has 0 unspecified atom stereocenters. The Balaban J connectivity index is 1.76. The third-order valence-electron chi connectivity index (χ3n) is 4.51. The molecule has 1 N–H and O–H groups in total. The van der Waals surface area contributed by atoms with Crippen molar-refractivity contribution < 1.29 is 9.94 Å². The average molecular weight is 439 g/mol. The van der Waals surface area contributed by atoms with Gasteiger partial charge in [-0.2, -0.15) is 0 Å². The van der Waals surface area contributed by atoms with Crippen molar-refractivity contribution in [3.8, 4) is 5.88 Å². The Morgan fingerprint density at radius 1 is 0.900 bits per heavy atom. The zero-order valence-corrected chi connectivity index (χ0v) is 17.1. The van der Waals surface area contributed by atoms with Gasteiger partial charge in [0.05, 0.1) is 16.6 Å². The fourth-order valence-corrected chi connectivity index (χ4v) is 3.22. The Hall–Kier alpha value is -3.28. The van der Waals surface area contributed by atoms with E-state index in [2.05, 4.69) is 4.99 Å². The van der Waals surface area contributed by atoms with Gasteiger partial charge in [0, 0.05) is 21.6 Å². The lowest BCUT2D eigenvalue weighted by Gasteiger charge is -2.14. The van der Waals surface area contributed by atoms with E-state index >= 15 is 0 Å². The Kier molecular flexibility index (Phi) is 5.74. The van der Waals surface area contributed by atoms with Crippen LogP contribution < -0.4 is 10.4 Å². The van der Waals surface area contributed by atoms with Crippen LogP contribution in [-0.2, 0) is 6.61 Å². The molecular formula is C23H16Cl2N2O3. The quantitative estimate of drug-likeness (QED) is 0.424. The molecule has 0 aliphatic rings. The number of aromatic nitrogens is 1. The molecule has 0 fully saturated rings. The molecule has 1 heterocycles. The number of fused-ring (bicyclic) bond motifs is 1. The van der Waals surface area contributed by atoms with Gasteiger partial charge in [0.25, 0.3) is 5.56 Å². The molecule has 0 atom stereocenters. The first-order valence-corrected chi connectivity index (χ1v) is 9.82. The van der Waals surface area contributed by atoms with Crippen LogP contribution in [0.15, 0.2) is 82.6 Å². The number of aliphatic imine (C=N–C) groups is 1. The van der Waals surface area contributed by atoms with Gasteiger partial charge in [-0.1, -0.05) is 53.5 Å². The summed E-state index contributed by atoms with van der Waals surface area (Å²) in [7, 11) is 0. The van der Waals surface area contributed by atoms with Crippen LogP contribution in [0, 0.1) is 0 Å². The van der Waals surface area contributed by atoms with Gasteiger partial charge < -0.3 is 9.94 Å². The molecule has 4 rings (SSSR count). The second-order valence-electron chi connectivity index (χ2n) is 6.52. The molecule has 0 amide bonds. The molecular weight excluding hydrogens is 423 g/mol. The second kappa shape index (κ2) is 8.61. The standard InChI is InChI=1S/C23H16Cl2N2O3/c24-16-7-5-15(6-8-16)14-30-27-22(28)20-4-2-1-3-19(20)21(23(27)29)13-26-18-11-9-17(25)10-12-18/h1-13,29H,14H2. The molecule has 0 saturated carbocycles. The van der Waals surface area contributed by atoms with Gasteiger partial charge in [-0.05, 0) is 48.0 Å². The first-order chi connectivity index (χ1) is 14.5. The maximum atomic E-state index is 12.9. The van der Waals surface area contributed by atoms with E-state index in [-0.39, 0.29) is 12.5 Å². The van der Waals surface area contributed by atoms with Gasteiger partial charge >= 0.3 is 0 Å². The van der Waals surface area contributed by atoms with Gasteiger partial charge in [-0.3, -0.25) is 9.79 Å². The van der Waals surface area contributed by atoms with Crippen molar-refractivity contribution in [2.24, 2.45) is 4.99 Å². The first-order valence-electron chi connectivity index (χ1n) is 9.07. The van der Waals surface area contributed by atoms with Crippen molar-refractivity contribution >= 4 is 45.9 Å². The maximum Gasteiger partial charge on any atom is 0.294 e. The van der Waals surface area contributed by atoms with Gasteiger partial charge in [0.2, 0.25) is 5.88 Å². The molecule has 0 radical (unpaired) electrons. The smallest absolute Gasteiger partial charge is 0.294 e. The minimum atomic E-state index is -0.458. The predicted molar refractivity (Wildman–Crippen MR) is 120 cm³/mol. The first kappa shape index (κ1) is 20.0. The highest BCUT2D eigenvalue weighted by Gasteiger charge is 2.16. The molecule has 0 aliphatic carbocycles. The summed E-state index contributed by atoms with van der Waals surface area (Å²) in [5.41, 5.74) is 1.37. The molecule has 7 heteroatoms. The molecule has 1 aromatic heterocycles. The normalized spacial score (nSPS) is 11.3. The van der Waals surface area contributed by atoms with Crippen molar-refractivity contribution in [3.63, 3.8) is 0 Å². The van der Waals surface area contributed by atoms with E-state index < -0.39 is 5.56 Å². The lowest BCUT2D eigenvalue weighted by Crippen LogP contribution is -2.27. The van der Waals surface area contributed by atoms with Gasteiger partial charge in [-0.25, -0.2) is 0 Å². The van der Waals surface area contributed by atoms with E-state index in [0.29, 0.717) is 32.1 Å². The summed E-state index contributed by atoms with van der Waals surface area (Å²) in [5, 5.41) is 13.0. The lowest BCUT2D eigenvalue weighted by molar-refractivity contribution is 0.0721. The maximum absolute atomic E-state index is 12.9. The summed E-state index contributed by atoms with van der Waals surface area (Å²) in [6, 6.07) is 21.0. The fraction of sp³-hybridized carbons (Fsp3) is 0.0435. The third kappa shape index (κ3) is 4.17. The molecule has 3 aromatic carbocycles. The van der Waals surface area contributed by atoms with Gasteiger partial charge in [-0.15, -0.1) is 4.73 Å². The van der Waals surface area contributed by atoms with Crippen LogP contribution in [0.4, 0.5) is 5.69 Å². The van der Waals surface area contributed by atoms with Gasteiger partial charge in [0.1, 0.15) is 6.61 Å². The summed E-state index contributed by atoms with van der Waals surface area (Å²) >= 11 is 11.8. The summed E-state index contributed by atoms with van der Waals surface area (Å²) in [6.45, 7) is 0.0801. The highest BCUT2D eigenvalue weighted by atomic mass is 35.5. The Morgan fingerprint density at radius 3 is 2.17 bits per heavy atom. The van der Waals surface area contributed by atoms with Crippen LogP contribution in [-0.4, -0.2) is 16.1 Å². The average Bonchev–Trinajstić information content (AvgIpc) is 2.76.